The molecule has 0 spiro atoms. The van der Waals surface area contributed by atoms with E-state index in [4.69, 9.17) is 9.15 Å². The van der Waals surface area contributed by atoms with Crippen LogP contribution in [0.15, 0.2) is 86.3 Å². The number of para-hydroxylation sites is 1. The molecular weight excluding hydrogens is 484 g/mol. The Labute approximate surface area is 210 Å². The lowest BCUT2D eigenvalue weighted by Gasteiger charge is -2.04. The molecule has 2 aromatic carbocycles. The number of hydrogen-bond donors (Lipinski definition) is 1. The number of hydrogen-bond acceptors (Lipinski definition) is 8. The molecule has 3 aromatic rings. The number of nitrogens with zero attached hydrogens (tertiary/aromatic N) is 2. The molecule has 0 unspecified atom stereocenters. The number of aliphatic imine (C=N–C) groups is 1. The lowest BCUT2D eigenvalue weighted by atomic mass is 10.1. The molecule has 0 saturated heterocycles. The number of aryl methyl sites for hydroxylation is 1. The summed E-state index contributed by atoms with van der Waals surface area (Å²) in [5, 5.41) is 22.2. The van der Waals surface area contributed by atoms with Crippen molar-refractivity contribution in [1.82, 2.24) is 0 Å². The Bertz CT molecular complexity index is 1470. The Balaban J connectivity index is 1.71. The first-order valence-corrected chi connectivity index (χ1v) is 11.6. The lowest BCUT2D eigenvalue weighted by Crippen LogP contribution is -2.14. The highest BCUT2D eigenvalue weighted by Crippen LogP contribution is 2.40. The zero-order valence-corrected chi connectivity index (χ0v) is 20.1. The van der Waals surface area contributed by atoms with Gasteiger partial charge in [0.1, 0.15) is 27.9 Å². The molecule has 1 amide bonds. The maximum absolute atomic E-state index is 12.8. The highest BCUT2D eigenvalue weighted by Gasteiger charge is 2.34. The van der Waals surface area contributed by atoms with Crippen molar-refractivity contribution in [2.75, 3.05) is 6.61 Å². The third kappa shape index (κ3) is 4.98. The van der Waals surface area contributed by atoms with Gasteiger partial charge < -0.3 is 14.3 Å². The van der Waals surface area contributed by atoms with Gasteiger partial charge in [-0.1, -0.05) is 42.1 Å². The number of rotatable bonds is 6. The maximum Gasteiger partial charge on any atom is 0.344 e. The van der Waals surface area contributed by atoms with E-state index >= 15 is 0 Å². The summed E-state index contributed by atoms with van der Waals surface area (Å²) in [6.45, 7) is 3.46. The van der Waals surface area contributed by atoms with E-state index in [0.717, 1.165) is 17.3 Å². The number of nitro groups is 1. The summed E-state index contributed by atoms with van der Waals surface area (Å²) in [4.78, 5) is 40.5. The molecule has 2 heterocycles. The second-order valence-electron chi connectivity index (χ2n) is 7.57. The van der Waals surface area contributed by atoms with Crippen LogP contribution in [0.1, 0.15) is 28.6 Å². The van der Waals surface area contributed by atoms with Crippen molar-refractivity contribution >= 4 is 40.4 Å². The molecule has 182 valence electrons. The summed E-state index contributed by atoms with van der Waals surface area (Å²) in [6, 6.07) is 16.2. The Hall–Kier alpha value is -4.44. The largest absolute Gasteiger partial charge is 0.506 e. The van der Waals surface area contributed by atoms with Gasteiger partial charge in [-0.2, -0.15) is 0 Å². The van der Waals surface area contributed by atoms with E-state index in [1.165, 1.54) is 12.1 Å². The summed E-state index contributed by atoms with van der Waals surface area (Å²) in [5.41, 5.74) is 1.04. The highest BCUT2D eigenvalue weighted by molar-refractivity contribution is 8.18. The summed E-state index contributed by atoms with van der Waals surface area (Å²) < 4.78 is 10.8. The number of furan rings is 1. The van der Waals surface area contributed by atoms with Crippen molar-refractivity contribution in [1.29, 1.82) is 0 Å². The molecule has 10 heteroatoms. The van der Waals surface area contributed by atoms with Crippen LogP contribution < -0.4 is 0 Å². The van der Waals surface area contributed by atoms with Crippen LogP contribution in [0.2, 0.25) is 0 Å². The Morgan fingerprint density at radius 2 is 1.86 bits per heavy atom. The van der Waals surface area contributed by atoms with Crippen LogP contribution in [-0.2, 0) is 9.53 Å². The van der Waals surface area contributed by atoms with Crippen molar-refractivity contribution in [3.8, 4) is 11.3 Å². The summed E-state index contributed by atoms with van der Waals surface area (Å²) in [5.74, 6) is -1.26. The van der Waals surface area contributed by atoms with Crippen LogP contribution in [0.5, 0.6) is 0 Å². The molecule has 1 N–H and O–H groups in total. The number of amides is 1. The zero-order chi connectivity index (χ0) is 25.8. The van der Waals surface area contributed by atoms with E-state index < -0.39 is 22.6 Å². The van der Waals surface area contributed by atoms with Gasteiger partial charge in [-0.3, -0.25) is 14.9 Å². The molecular formula is C26H20N2O7S. The molecule has 1 aliphatic rings. The van der Waals surface area contributed by atoms with E-state index in [0.29, 0.717) is 11.1 Å². The van der Waals surface area contributed by atoms with Crippen molar-refractivity contribution in [2.24, 2.45) is 4.99 Å². The number of nitro benzene ring substituents is 1. The van der Waals surface area contributed by atoms with Crippen LogP contribution in [0, 0.1) is 17.0 Å². The Morgan fingerprint density at radius 1 is 1.14 bits per heavy atom. The highest BCUT2D eigenvalue weighted by atomic mass is 32.2. The van der Waals surface area contributed by atoms with Gasteiger partial charge in [-0.25, -0.2) is 9.79 Å². The molecule has 1 aromatic heterocycles. The summed E-state index contributed by atoms with van der Waals surface area (Å²) >= 11 is 0.915. The predicted molar refractivity (Wildman–Crippen MR) is 136 cm³/mol. The molecule has 0 fully saturated rings. The second-order valence-corrected chi connectivity index (χ2v) is 8.60. The average Bonchev–Trinajstić information content (AvgIpc) is 3.44. The van der Waals surface area contributed by atoms with Gasteiger partial charge in [0, 0.05) is 11.6 Å². The third-order valence-electron chi connectivity index (χ3n) is 5.22. The van der Waals surface area contributed by atoms with Gasteiger partial charge in [0.2, 0.25) is 0 Å². The molecule has 0 saturated carbocycles. The summed E-state index contributed by atoms with van der Waals surface area (Å²) in [7, 11) is 0. The number of carbonyl (C=O) groups is 2. The Kier molecular flexibility index (Phi) is 7.16. The van der Waals surface area contributed by atoms with Crippen molar-refractivity contribution in [2.45, 2.75) is 13.8 Å². The quantitative estimate of drug-likeness (QED) is 0.251. The third-order valence-corrected chi connectivity index (χ3v) is 6.24. The van der Waals surface area contributed by atoms with Gasteiger partial charge in [-0.05, 0) is 49.8 Å². The normalized spacial score (nSPS) is 15.5. The van der Waals surface area contributed by atoms with E-state index in [1.54, 1.807) is 68.4 Å². The van der Waals surface area contributed by atoms with E-state index in [-0.39, 0.29) is 39.3 Å². The maximum atomic E-state index is 12.8. The number of aliphatic hydroxyl groups excluding tert-OH is 1. The van der Waals surface area contributed by atoms with Crippen LogP contribution in [0.4, 0.5) is 5.69 Å². The predicted octanol–water partition coefficient (Wildman–Crippen LogP) is 5.87. The van der Waals surface area contributed by atoms with Crippen molar-refractivity contribution < 1.29 is 28.8 Å². The SMILES string of the molecule is CCOC(=O)C1=C(O)/C(=C/c2ccc(-c3ccccc3[N+](=O)[O-])o2)SC1=NC(=O)c1ccccc1C. The second kappa shape index (κ2) is 10.4. The molecule has 9 nitrogen and oxygen atoms in total. The minimum absolute atomic E-state index is 0.00377. The van der Waals surface area contributed by atoms with E-state index in [9.17, 15) is 24.8 Å². The van der Waals surface area contributed by atoms with Crippen molar-refractivity contribution in [3.63, 3.8) is 0 Å². The number of benzene rings is 2. The fraction of sp³-hybridized carbons (Fsp3) is 0.115. The molecule has 0 atom stereocenters. The van der Waals surface area contributed by atoms with Crippen LogP contribution >= 0.6 is 11.8 Å². The van der Waals surface area contributed by atoms with Crippen LogP contribution in [0.3, 0.4) is 0 Å². The fourth-order valence-corrected chi connectivity index (χ4v) is 4.50. The van der Waals surface area contributed by atoms with Crippen LogP contribution in [-0.4, -0.2) is 33.6 Å². The minimum Gasteiger partial charge on any atom is -0.506 e. The summed E-state index contributed by atoms with van der Waals surface area (Å²) in [6.07, 6.45) is 1.46. The average molecular weight is 505 g/mol. The monoisotopic (exact) mass is 504 g/mol. The molecule has 0 bridgehead atoms. The first-order chi connectivity index (χ1) is 17.3. The van der Waals surface area contributed by atoms with Gasteiger partial charge in [0.05, 0.1) is 22.0 Å². The molecule has 1 aliphatic heterocycles. The van der Waals surface area contributed by atoms with E-state index in [1.807, 2.05) is 0 Å². The smallest absolute Gasteiger partial charge is 0.344 e. The Morgan fingerprint density at radius 3 is 2.58 bits per heavy atom. The topological polar surface area (TPSA) is 132 Å². The molecule has 0 radical (unpaired) electrons. The standard InChI is InChI=1S/C26H20N2O7S/c1-3-34-26(31)22-23(29)21(36-25(22)27-24(30)17-9-5-4-8-15(17)2)14-16-12-13-20(35-16)18-10-6-7-11-19(18)28(32)33/h4-14,29H,3H2,1-2H3/b21-14-,27-25?. The zero-order valence-electron chi connectivity index (χ0n) is 19.3. The van der Waals surface area contributed by atoms with Crippen LogP contribution in [0.25, 0.3) is 17.4 Å². The first kappa shape index (κ1) is 24.7. The van der Waals surface area contributed by atoms with Crippen molar-refractivity contribution in [3.05, 3.63) is 104 Å². The number of carbonyl (C=O) groups excluding carboxylic acids is 2. The van der Waals surface area contributed by atoms with Gasteiger partial charge in [0.25, 0.3) is 11.6 Å². The molecule has 4 rings (SSSR count). The number of aliphatic hydroxyl groups is 1. The first-order valence-electron chi connectivity index (χ1n) is 10.8. The molecule has 36 heavy (non-hydrogen) atoms. The minimum atomic E-state index is -0.817. The fourth-order valence-electron chi connectivity index (χ4n) is 3.50. The lowest BCUT2D eigenvalue weighted by molar-refractivity contribution is -0.384. The number of thioether (sulfide) groups is 1. The van der Waals surface area contributed by atoms with Gasteiger partial charge in [0.15, 0.2) is 0 Å². The van der Waals surface area contributed by atoms with Gasteiger partial charge >= 0.3 is 5.97 Å². The number of ether oxygens (including phenoxy) is 1. The molecule has 0 aliphatic carbocycles. The number of esters is 1. The van der Waals surface area contributed by atoms with Gasteiger partial charge in [-0.15, -0.1) is 0 Å². The van der Waals surface area contributed by atoms with E-state index in [2.05, 4.69) is 4.99 Å².